The molecule has 6 heteroatoms. The molecule has 0 radical (unpaired) electrons. The highest BCUT2D eigenvalue weighted by molar-refractivity contribution is 6.37. The van der Waals surface area contributed by atoms with Crippen LogP contribution in [-0.4, -0.2) is 23.3 Å². The third kappa shape index (κ3) is 3.28. The third-order valence-electron chi connectivity index (χ3n) is 4.07. The molecule has 0 saturated carbocycles. The first-order valence-corrected chi connectivity index (χ1v) is 8.57. The summed E-state index contributed by atoms with van der Waals surface area (Å²) in [7, 11) is 0. The maximum absolute atomic E-state index is 12.7. The molecule has 1 N–H and O–H groups in total. The van der Waals surface area contributed by atoms with Crippen LogP contribution in [0, 0.1) is 6.92 Å². The number of imide groups is 1. The van der Waals surface area contributed by atoms with Gasteiger partial charge in [-0.25, -0.2) is 0 Å². The van der Waals surface area contributed by atoms with Crippen molar-refractivity contribution < 1.29 is 9.59 Å². The molecule has 0 aliphatic carbocycles. The summed E-state index contributed by atoms with van der Waals surface area (Å²) < 4.78 is 0. The molecule has 0 saturated heterocycles. The smallest absolute Gasteiger partial charge is 0.278 e. The van der Waals surface area contributed by atoms with Crippen molar-refractivity contribution in [2.24, 2.45) is 0 Å². The molecule has 1 heterocycles. The van der Waals surface area contributed by atoms with Gasteiger partial charge >= 0.3 is 0 Å². The van der Waals surface area contributed by atoms with Gasteiger partial charge in [0.15, 0.2) is 0 Å². The molecule has 0 aromatic heterocycles. The van der Waals surface area contributed by atoms with Gasteiger partial charge in [0.1, 0.15) is 5.70 Å². The molecule has 2 aromatic rings. The zero-order valence-electron chi connectivity index (χ0n) is 13.8. The Morgan fingerprint density at radius 2 is 1.60 bits per heavy atom. The van der Waals surface area contributed by atoms with E-state index in [2.05, 4.69) is 5.32 Å². The van der Waals surface area contributed by atoms with E-state index in [1.807, 2.05) is 6.92 Å². The van der Waals surface area contributed by atoms with Crippen molar-refractivity contribution in [2.75, 3.05) is 11.9 Å². The molecule has 3 rings (SSSR count). The zero-order chi connectivity index (χ0) is 18.1. The van der Waals surface area contributed by atoms with E-state index in [0.717, 1.165) is 11.3 Å². The Labute approximate surface area is 156 Å². The van der Waals surface area contributed by atoms with Gasteiger partial charge in [-0.2, -0.15) is 0 Å². The van der Waals surface area contributed by atoms with Gasteiger partial charge < -0.3 is 5.32 Å². The fourth-order valence-corrected chi connectivity index (χ4v) is 3.12. The van der Waals surface area contributed by atoms with Crippen LogP contribution in [0.4, 0.5) is 5.69 Å². The van der Waals surface area contributed by atoms with Crippen LogP contribution in [0.25, 0.3) is 5.57 Å². The minimum atomic E-state index is -0.341. The number of halogens is 2. The first-order chi connectivity index (χ1) is 11.9. The van der Waals surface area contributed by atoms with Crippen molar-refractivity contribution in [3.05, 3.63) is 69.3 Å². The first kappa shape index (κ1) is 17.5. The lowest BCUT2D eigenvalue weighted by molar-refractivity contribution is -0.136. The SMILES string of the molecule is CCN1C(=O)C(Nc2ccc(Cl)cc2C)=C(c2ccc(Cl)cc2)C1=O. The second kappa shape index (κ2) is 6.90. The number of nitrogens with zero attached hydrogens (tertiary/aromatic N) is 1. The van der Waals surface area contributed by atoms with Crippen molar-refractivity contribution in [1.82, 2.24) is 4.90 Å². The van der Waals surface area contributed by atoms with Crippen LogP contribution in [-0.2, 0) is 9.59 Å². The number of hydrogen-bond acceptors (Lipinski definition) is 3. The van der Waals surface area contributed by atoms with E-state index < -0.39 is 0 Å². The number of carbonyl (C=O) groups is 2. The van der Waals surface area contributed by atoms with E-state index in [1.165, 1.54) is 4.90 Å². The van der Waals surface area contributed by atoms with Gasteiger partial charge in [-0.15, -0.1) is 0 Å². The monoisotopic (exact) mass is 374 g/mol. The van der Waals surface area contributed by atoms with E-state index in [0.29, 0.717) is 27.7 Å². The molecule has 2 amide bonds. The summed E-state index contributed by atoms with van der Waals surface area (Å²) in [5.74, 6) is -0.657. The summed E-state index contributed by atoms with van der Waals surface area (Å²) >= 11 is 11.9. The Hall–Kier alpha value is -2.30. The van der Waals surface area contributed by atoms with E-state index in [9.17, 15) is 9.59 Å². The van der Waals surface area contributed by atoms with Gasteiger partial charge in [0, 0.05) is 22.3 Å². The van der Waals surface area contributed by atoms with Gasteiger partial charge in [-0.05, 0) is 55.3 Å². The number of benzene rings is 2. The standard InChI is InChI=1S/C19H16Cl2N2O2/c1-3-23-18(24)16(12-4-6-13(20)7-5-12)17(19(23)25)22-15-9-8-14(21)10-11(15)2/h4-10,22H,3H2,1-2H3. The van der Waals surface area contributed by atoms with Crippen LogP contribution in [0.3, 0.4) is 0 Å². The molecule has 1 aliphatic heterocycles. The molecule has 4 nitrogen and oxygen atoms in total. The summed E-state index contributed by atoms with van der Waals surface area (Å²) in [5.41, 5.74) is 2.86. The average Bonchev–Trinajstić information content (AvgIpc) is 2.81. The molecule has 0 bridgehead atoms. The molecule has 1 aliphatic rings. The van der Waals surface area contributed by atoms with Crippen LogP contribution < -0.4 is 5.32 Å². The van der Waals surface area contributed by atoms with Crippen LogP contribution in [0.1, 0.15) is 18.1 Å². The number of nitrogens with one attached hydrogen (secondary N) is 1. The Morgan fingerprint density at radius 1 is 0.960 bits per heavy atom. The number of anilines is 1. The highest BCUT2D eigenvalue weighted by Crippen LogP contribution is 2.32. The van der Waals surface area contributed by atoms with E-state index >= 15 is 0 Å². The first-order valence-electron chi connectivity index (χ1n) is 7.82. The fourth-order valence-electron chi connectivity index (χ4n) is 2.77. The minimum absolute atomic E-state index is 0.264. The zero-order valence-corrected chi connectivity index (χ0v) is 15.3. The summed E-state index contributed by atoms with van der Waals surface area (Å²) in [5, 5.41) is 4.30. The summed E-state index contributed by atoms with van der Waals surface area (Å²) in [6, 6.07) is 12.2. The number of rotatable bonds is 4. The van der Waals surface area contributed by atoms with Crippen molar-refractivity contribution in [1.29, 1.82) is 0 Å². The predicted molar refractivity (Wildman–Crippen MR) is 101 cm³/mol. The number of carbonyl (C=O) groups excluding carboxylic acids is 2. The van der Waals surface area contributed by atoms with Gasteiger partial charge in [-0.1, -0.05) is 35.3 Å². The van der Waals surface area contributed by atoms with E-state index in [1.54, 1.807) is 49.4 Å². The lowest BCUT2D eigenvalue weighted by atomic mass is 10.0. The molecular formula is C19H16Cl2N2O2. The van der Waals surface area contributed by atoms with Gasteiger partial charge in [0.2, 0.25) is 0 Å². The minimum Gasteiger partial charge on any atom is -0.350 e. The topological polar surface area (TPSA) is 49.4 Å². The van der Waals surface area contributed by atoms with Gasteiger partial charge in [0.05, 0.1) is 5.57 Å². The van der Waals surface area contributed by atoms with E-state index in [4.69, 9.17) is 23.2 Å². The summed E-state index contributed by atoms with van der Waals surface area (Å²) in [6.07, 6.45) is 0. The van der Waals surface area contributed by atoms with Crippen molar-refractivity contribution in [2.45, 2.75) is 13.8 Å². The van der Waals surface area contributed by atoms with Crippen LogP contribution in [0.5, 0.6) is 0 Å². The number of hydrogen-bond donors (Lipinski definition) is 1. The van der Waals surface area contributed by atoms with Gasteiger partial charge in [0.25, 0.3) is 11.8 Å². The summed E-state index contributed by atoms with van der Waals surface area (Å²) in [6.45, 7) is 3.96. The molecule has 0 unspecified atom stereocenters. The maximum atomic E-state index is 12.7. The van der Waals surface area contributed by atoms with Crippen molar-refractivity contribution >= 4 is 46.3 Å². The number of amides is 2. The average molecular weight is 375 g/mol. The largest absolute Gasteiger partial charge is 0.350 e. The Bertz CT molecular complexity index is 889. The number of likely N-dealkylation sites (N-methyl/N-ethyl adjacent to an activating group) is 1. The van der Waals surface area contributed by atoms with Crippen LogP contribution >= 0.6 is 23.2 Å². The normalized spacial score (nSPS) is 14.5. The molecule has 0 fully saturated rings. The second-order valence-electron chi connectivity index (χ2n) is 5.70. The maximum Gasteiger partial charge on any atom is 0.278 e. The lowest BCUT2D eigenvalue weighted by Gasteiger charge is -2.13. The molecule has 25 heavy (non-hydrogen) atoms. The molecule has 2 aromatic carbocycles. The number of aryl methyl sites for hydroxylation is 1. The molecular weight excluding hydrogens is 359 g/mol. The third-order valence-corrected chi connectivity index (χ3v) is 4.55. The van der Waals surface area contributed by atoms with Crippen molar-refractivity contribution in [3.8, 4) is 0 Å². The molecule has 0 atom stereocenters. The quantitative estimate of drug-likeness (QED) is 0.800. The Morgan fingerprint density at radius 3 is 2.20 bits per heavy atom. The van der Waals surface area contributed by atoms with Crippen LogP contribution in [0.2, 0.25) is 10.0 Å². The second-order valence-corrected chi connectivity index (χ2v) is 6.57. The van der Waals surface area contributed by atoms with Crippen molar-refractivity contribution in [3.63, 3.8) is 0 Å². The Balaban J connectivity index is 2.10. The highest BCUT2D eigenvalue weighted by Gasteiger charge is 2.38. The fraction of sp³-hybridized carbons (Fsp3) is 0.158. The van der Waals surface area contributed by atoms with Crippen LogP contribution in [0.15, 0.2) is 48.2 Å². The lowest BCUT2D eigenvalue weighted by Crippen LogP contribution is -2.32. The highest BCUT2D eigenvalue weighted by atomic mass is 35.5. The summed E-state index contributed by atoms with van der Waals surface area (Å²) in [4.78, 5) is 26.7. The Kier molecular flexibility index (Phi) is 4.84. The van der Waals surface area contributed by atoms with Gasteiger partial charge in [-0.3, -0.25) is 14.5 Å². The molecule has 128 valence electrons. The predicted octanol–water partition coefficient (Wildman–Crippen LogP) is 4.51. The molecule has 0 spiro atoms. The van der Waals surface area contributed by atoms with E-state index in [-0.39, 0.29) is 17.5 Å².